The summed E-state index contributed by atoms with van der Waals surface area (Å²) in [6, 6.07) is 4.22. The molecular formula is C12H15BrO2. The molecular weight excluding hydrogens is 256 g/mol. The number of halogens is 1. The minimum absolute atomic E-state index is 0.719. The van der Waals surface area contributed by atoms with Gasteiger partial charge in [0.15, 0.2) is 11.5 Å². The molecule has 1 aromatic rings. The summed E-state index contributed by atoms with van der Waals surface area (Å²) >= 11 is 3.54. The Bertz CT molecular complexity index is 330. The number of methoxy groups -OCH3 is 2. The van der Waals surface area contributed by atoms with Gasteiger partial charge in [0.25, 0.3) is 0 Å². The van der Waals surface area contributed by atoms with Crippen molar-refractivity contribution in [3.05, 3.63) is 23.3 Å². The number of hydrogen-bond donors (Lipinski definition) is 0. The molecule has 0 unspecified atom stereocenters. The number of ether oxygens (including phenoxy) is 2. The average molecular weight is 271 g/mol. The van der Waals surface area contributed by atoms with E-state index in [9.17, 15) is 0 Å². The highest BCUT2D eigenvalue weighted by Gasteiger charge is 2.22. The van der Waals surface area contributed by atoms with Crippen LogP contribution in [0.15, 0.2) is 12.1 Å². The van der Waals surface area contributed by atoms with E-state index in [4.69, 9.17) is 9.47 Å². The molecule has 0 N–H and O–H groups in total. The van der Waals surface area contributed by atoms with Crippen LogP contribution in [0.5, 0.6) is 11.5 Å². The molecule has 0 fully saturated rings. The minimum Gasteiger partial charge on any atom is -0.493 e. The summed E-state index contributed by atoms with van der Waals surface area (Å²) in [7, 11) is 3.36. The lowest BCUT2D eigenvalue weighted by Gasteiger charge is -2.09. The molecule has 0 amide bonds. The Morgan fingerprint density at radius 3 is 1.93 bits per heavy atom. The monoisotopic (exact) mass is 270 g/mol. The van der Waals surface area contributed by atoms with Crippen LogP contribution >= 0.6 is 15.9 Å². The summed E-state index contributed by atoms with van der Waals surface area (Å²) in [6.07, 6.45) is 2.28. The number of fused-ring (bicyclic) bond motifs is 1. The highest BCUT2D eigenvalue weighted by atomic mass is 79.9. The van der Waals surface area contributed by atoms with E-state index in [-0.39, 0.29) is 0 Å². The molecule has 0 saturated carbocycles. The molecule has 0 spiro atoms. The lowest BCUT2D eigenvalue weighted by Crippen LogP contribution is -1.99. The van der Waals surface area contributed by atoms with Gasteiger partial charge < -0.3 is 9.47 Å². The summed E-state index contributed by atoms with van der Waals surface area (Å²) in [5.74, 6) is 2.40. The van der Waals surface area contributed by atoms with E-state index in [0.717, 1.165) is 35.6 Å². The smallest absolute Gasteiger partial charge is 0.161 e. The van der Waals surface area contributed by atoms with Crippen molar-refractivity contribution < 1.29 is 9.47 Å². The van der Waals surface area contributed by atoms with E-state index < -0.39 is 0 Å². The fourth-order valence-corrected chi connectivity index (χ4v) is 2.60. The third kappa shape index (κ3) is 1.98. The van der Waals surface area contributed by atoms with Crippen LogP contribution in [0.25, 0.3) is 0 Å². The second kappa shape index (κ2) is 4.44. The van der Waals surface area contributed by atoms with E-state index >= 15 is 0 Å². The normalized spacial score (nSPS) is 15.1. The van der Waals surface area contributed by atoms with Gasteiger partial charge in [-0.15, -0.1) is 0 Å². The van der Waals surface area contributed by atoms with Crippen molar-refractivity contribution in [2.24, 2.45) is 5.92 Å². The summed E-state index contributed by atoms with van der Waals surface area (Å²) < 4.78 is 10.6. The van der Waals surface area contributed by atoms with Gasteiger partial charge in [-0.2, -0.15) is 0 Å². The Balaban J connectivity index is 2.35. The maximum atomic E-state index is 5.29. The van der Waals surface area contributed by atoms with Gasteiger partial charge in [-0.25, -0.2) is 0 Å². The van der Waals surface area contributed by atoms with Gasteiger partial charge >= 0.3 is 0 Å². The van der Waals surface area contributed by atoms with E-state index in [1.807, 2.05) is 0 Å². The molecule has 0 heterocycles. The fraction of sp³-hybridized carbons (Fsp3) is 0.500. The van der Waals surface area contributed by atoms with Crippen molar-refractivity contribution in [2.75, 3.05) is 19.5 Å². The van der Waals surface area contributed by atoms with E-state index in [0.29, 0.717) is 0 Å². The molecule has 1 aliphatic rings. The maximum Gasteiger partial charge on any atom is 0.161 e. The summed E-state index contributed by atoms with van der Waals surface area (Å²) in [4.78, 5) is 0. The number of alkyl halides is 1. The van der Waals surface area contributed by atoms with Crippen LogP contribution in [0.3, 0.4) is 0 Å². The Labute approximate surface area is 98.7 Å². The largest absolute Gasteiger partial charge is 0.493 e. The lowest BCUT2D eigenvalue weighted by atomic mass is 10.1. The zero-order valence-corrected chi connectivity index (χ0v) is 10.6. The molecule has 2 nitrogen and oxygen atoms in total. The molecule has 3 heteroatoms. The van der Waals surface area contributed by atoms with Crippen molar-refractivity contribution in [3.63, 3.8) is 0 Å². The minimum atomic E-state index is 0.719. The van der Waals surface area contributed by atoms with Crippen LogP contribution in [-0.4, -0.2) is 19.5 Å². The van der Waals surface area contributed by atoms with Gasteiger partial charge in [-0.1, -0.05) is 15.9 Å². The van der Waals surface area contributed by atoms with Crippen LogP contribution in [0.2, 0.25) is 0 Å². The lowest BCUT2D eigenvalue weighted by molar-refractivity contribution is 0.354. The molecule has 0 radical (unpaired) electrons. The van der Waals surface area contributed by atoms with Gasteiger partial charge in [-0.3, -0.25) is 0 Å². The van der Waals surface area contributed by atoms with Gasteiger partial charge in [0.2, 0.25) is 0 Å². The van der Waals surface area contributed by atoms with Crippen molar-refractivity contribution in [1.29, 1.82) is 0 Å². The second-order valence-electron chi connectivity index (χ2n) is 3.90. The van der Waals surface area contributed by atoms with Crippen molar-refractivity contribution in [1.82, 2.24) is 0 Å². The Hall–Kier alpha value is -0.700. The molecule has 0 aromatic heterocycles. The van der Waals surface area contributed by atoms with Gasteiger partial charge in [0, 0.05) is 5.33 Å². The summed E-state index contributed by atoms with van der Waals surface area (Å²) in [5, 5.41) is 1.06. The van der Waals surface area contributed by atoms with E-state index in [1.165, 1.54) is 11.1 Å². The van der Waals surface area contributed by atoms with Crippen LogP contribution in [0.1, 0.15) is 11.1 Å². The first kappa shape index (κ1) is 10.8. The second-order valence-corrected chi connectivity index (χ2v) is 4.55. The summed E-state index contributed by atoms with van der Waals surface area (Å²) in [5.41, 5.74) is 2.80. The zero-order chi connectivity index (χ0) is 10.8. The Morgan fingerprint density at radius 1 is 1.13 bits per heavy atom. The molecule has 82 valence electrons. The molecule has 1 aromatic carbocycles. The van der Waals surface area contributed by atoms with Gasteiger partial charge in [0.05, 0.1) is 14.2 Å². The quantitative estimate of drug-likeness (QED) is 0.787. The van der Waals surface area contributed by atoms with Crippen molar-refractivity contribution in [3.8, 4) is 11.5 Å². The first-order valence-corrected chi connectivity index (χ1v) is 6.20. The molecule has 15 heavy (non-hydrogen) atoms. The predicted molar refractivity (Wildman–Crippen MR) is 64.2 cm³/mol. The third-order valence-corrected chi connectivity index (χ3v) is 3.86. The zero-order valence-electron chi connectivity index (χ0n) is 9.05. The Morgan fingerprint density at radius 2 is 1.60 bits per heavy atom. The van der Waals surface area contributed by atoms with E-state index in [1.54, 1.807) is 14.2 Å². The molecule has 0 atom stereocenters. The van der Waals surface area contributed by atoms with Crippen LogP contribution < -0.4 is 9.47 Å². The molecule has 0 saturated heterocycles. The van der Waals surface area contributed by atoms with Gasteiger partial charge in [-0.05, 0) is 42.0 Å². The van der Waals surface area contributed by atoms with Crippen molar-refractivity contribution in [2.45, 2.75) is 12.8 Å². The fourth-order valence-electron chi connectivity index (χ4n) is 2.15. The highest BCUT2D eigenvalue weighted by Crippen LogP contribution is 2.36. The molecule has 1 aliphatic carbocycles. The summed E-state index contributed by atoms with van der Waals surface area (Å²) in [6.45, 7) is 0. The first-order chi connectivity index (χ1) is 7.28. The van der Waals surface area contributed by atoms with Crippen LogP contribution in [0.4, 0.5) is 0 Å². The maximum absolute atomic E-state index is 5.29. The Kier molecular flexibility index (Phi) is 3.19. The number of rotatable bonds is 3. The topological polar surface area (TPSA) is 18.5 Å². The third-order valence-electron chi connectivity index (χ3n) is 2.94. The SMILES string of the molecule is COc1cc2c(cc1OC)CC(CBr)C2. The van der Waals surface area contributed by atoms with Crippen molar-refractivity contribution >= 4 is 15.9 Å². The van der Waals surface area contributed by atoms with Gasteiger partial charge in [0.1, 0.15) is 0 Å². The van der Waals surface area contributed by atoms with Crippen LogP contribution in [0, 0.1) is 5.92 Å². The number of benzene rings is 1. The molecule has 0 aliphatic heterocycles. The first-order valence-electron chi connectivity index (χ1n) is 5.08. The van der Waals surface area contributed by atoms with E-state index in [2.05, 4.69) is 28.1 Å². The van der Waals surface area contributed by atoms with Crippen LogP contribution in [-0.2, 0) is 12.8 Å². The number of hydrogen-bond acceptors (Lipinski definition) is 2. The molecule has 0 bridgehead atoms. The average Bonchev–Trinajstić information content (AvgIpc) is 2.68. The predicted octanol–water partition coefficient (Wildman–Crippen LogP) is 2.81. The highest BCUT2D eigenvalue weighted by molar-refractivity contribution is 9.09. The standard InChI is InChI=1S/C12H15BrO2/c1-14-11-5-9-3-8(7-13)4-10(9)6-12(11)15-2/h5-6,8H,3-4,7H2,1-2H3. The molecule has 2 rings (SSSR count).